The number of benzene rings is 2. The van der Waals surface area contributed by atoms with Crippen LogP contribution in [0.2, 0.25) is 10.0 Å². The first-order valence-electron chi connectivity index (χ1n) is 8.87. The lowest BCUT2D eigenvalue weighted by Crippen LogP contribution is -2.48. The van der Waals surface area contributed by atoms with Gasteiger partial charge in [0.1, 0.15) is 16.5 Å². The van der Waals surface area contributed by atoms with Gasteiger partial charge < -0.3 is 4.90 Å². The molecule has 0 amide bonds. The fourth-order valence-corrected chi connectivity index (χ4v) is 6.03. The van der Waals surface area contributed by atoms with Gasteiger partial charge in [0.15, 0.2) is 5.13 Å². The van der Waals surface area contributed by atoms with Crippen molar-refractivity contribution in [2.75, 3.05) is 31.1 Å². The third-order valence-corrected chi connectivity index (χ3v) is 8.10. The molecule has 1 fully saturated rings. The van der Waals surface area contributed by atoms with Gasteiger partial charge >= 0.3 is 0 Å². The molecule has 1 saturated heterocycles. The summed E-state index contributed by atoms with van der Waals surface area (Å²) in [5.74, 6) is -1.92. The molecule has 0 bridgehead atoms. The average molecular weight is 490 g/mol. The first-order valence-corrected chi connectivity index (χ1v) is 11.9. The van der Waals surface area contributed by atoms with Crippen molar-refractivity contribution in [3.05, 3.63) is 63.5 Å². The summed E-state index contributed by atoms with van der Waals surface area (Å²) in [7, 11) is -4.04. The molecule has 0 unspecified atom stereocenters. The maximum Gasteiger partial charge on any atom is 0.246 e. The largest absolute Gasteiger partial charge is 0.345 e. The minimum atomic E-state index is -4.04. The van der Waals surface area contributed by atoms with Gasteiger partial charge in [0, 0.05) is 48.2 Å². The predicted molar refractivity (Wildman–Crippen MR) is 115 cm³/mol. The number of rotatable bonds is 4. The van der Waals surface area contributed by atoms with Crippen LogP contribution in [0.25, 0.3) is 11.3 Å². The third-order valence-electron chi connectivity index (χ3n) is 4.72. The predicted octanol–water partition coefficient (Wildman–Crippen LogP) is 4.91. The van der Waals surface area contributed by atoms with Gasteiger partial charge in [-0.15, -0.1) is 11.3 Å². The zero-order chi connectivity index (χ0) is 21.5. The maximum absolute atomic E-state index is 14.0. The molecule has 11 heteroatoms. The quantitative estimate of drug-likeness (QED) is 0.522. The molecule has 1 aliphatic heterocycles. The highest BCUT2D eigenvalue weighted by Gasteiger charge is 2.31. The Hall–Kier alpha value is -1.78. The summed E-state index contributed by atoms with van der Waals surface area (Å²) in [5, 5.41) is 3.65. The summed E-state index contributed by atoms with van der Waals surface area (Å²) in [4.78, 5) is 6.05. The van der Waals surface area contributed by atoms with Crippen molar-refractivity contribution in [2.45, 2.75) is 4.90 Å². The monoisotopic (exact) mass is 489 g/mol. The smallest absolute Gasteiger partial charge is 0.246 e. The third kappa shape index (κ3) is 4.17. The highest BCUT2D eigenvalue weighted by atomic mass is 35.5. The summed E-state index contributed by atoms with van der Waals surface area (Å²) in [6.45, 7) is 1.11. The number of thiazole rings is 1. The van der Waals surface area contributed by atoms with Crippen molar-refractivity contribution < 1.29 is 17.2 Å². The van der Waals surface area contributed by atoms with E-state index in [0.29, 0.717) is 34.9 Å². The molecule has 3 aromatic rings. The molecule has 2 heterocycles. The Labute approximate surface area is 186 Å². The molecular formula is C19H15Cl2F2N3O2S2. The molecule has 1 aromatic heterocycles. The standard InChI is InChI=1S/C19H15Cl2F2N3O2S2/c20-12-1-3-14(15(21)9-12)17-11-29-19(24-17)25-5-7-26(8-6-25)30(27,28)18-4-2-13(22)10-16(18)23/h1-4,9-11H,5-8H2. The van der Waals surface area contributed by atoms with Gasteiger partial charge in [0.2, 0.25) is 10.0 Å². The Morgan fingerprint density at radius 2 is 1.73 bits per heavy atom. The molecule has 0 atom stereocenters. The van der Waals surface area contributed by atoms with Crippen molar-refractivity contribution in [2.24, 2.45) is 0 Å². The van der Waals surface area contributed by atoms with Gasteiger partial charge in [-0.2, -0.15) is 4.31 Å². The van der Waals surface area contributed by atoms with Gasteiger partial charge in [-0.1, -0.05) is 23.2 Å². The van der Waals surface area contributed by atoms with Crippen LogP contribution in [-0.2, 0) is 10.0 Å². The molecule has 1 aliphatic rings. The van der Waals surface area contributed by atoms with Crippen LogP contribution in [0.3, 0.4) is 0 Å². The maximum atomic E-state index is 14.0. The minimum absolute atomic E-state index is 0.162. The Kier molecular flexibility index (Phi) is 6.00. The van der Waals surface area contributed by atoms with Crippen LogP contribution in [0.4, 0.5) is 13.9 Å². The van der Waals surface area contributed by atoms with Crippen molar-refractivity contribution in [3.63, 3.8) is 0 Å². The highest BCUT2D eigenvalue weighted by molar-refractivity contribution is 7.89. The fraction of sp³-hybridized carbons (Fsp3) is 0.211. The molecule has 0 aliphatic carbocycles. The molecule has 5 nitrogen and oxygen atoms in total. The zero-order valence-electron chi connectivity index (χ0n) is 15.4. The second-order valence-electron chi connectivity index (χ2n) is 6.61. The highest BCUT2D eigenvalue weighted by Crippen LogP contribution is 2.34. The van der Waals surface area contributed by atoms with Crippen LogP contribution >= 0.6 is 34.5 Å². The van der Waals surface area contributed by atoms with E-state index in [1.54, 1.807) is 18.2 Å². The summed E-state index contributed by atoms with van der Waals surface area (Å²) >= 11 is 13.6. The topological polar surface area (TPSA) is 53.5 Å². The summed E-state index contributed by atoms with van der Waals surface area (Å²) in [5.41, 5.74) is 1.47. The minimum Gasteiger partial charge on any atom is -0.345 e. The number of hydrogen-bond donors (Lipinski definition) is 0. The van der Waals surface area contributed by atoms with Gasteiger partial charge in [0.25, 0.3) is 0 Å². The molecule has 158 valence electrons. The molecule has 2 aromatic carbocycles. The van der Waals surface area contributed by atoms with Gasteiger partial charge in [-0.3, -0.25) is 0 Å². The molecule has 0 saturated carbocycles. The number of nitrogens with zero attached hydrogens (tertiary/aromatic N) is 3. The summed E-state index contributed by atoms with van der Waals surface area (Å²) in [6, 6.07) is 7.64. The first-order chi connectivity index (χ1) is 14.3. The van der Waals surface area contributed by atoms with Crippen LogP contribution in [0.15, 0.2) is 46.7 Å². The Morgan fingerprint density at radius 3 is 2.40 bits per heavy atom. The number of anilines is 1. The van der Waals surface area contributed by atoms with Crippen LogP contribution in [0, 0.1) is 11.6 Å². The van der Waals surface area contributed by atoms with Crippen molar-refractivity contribution >= 4 is 49.7 Å². The lowest BCUT2D eigenvalue weighted by atomic mass is 10.2. The lowest BCUT2D eigenvalue weighted by molar-refractivity contribution is 0.382. The number of aromatic nitrogens is 1. The number of hydrogen-bond acceptors (Lipinski definition) is 5. The Morgan fingerprint density at radius 1 is 1.00 bits per heavy atom. The van der Waals surface area contributed by atoms with E-state index in [4.69, 9.17) is 23.2 Å². The Bertz CT molecular complexity index is 1200. The van der Waals surface area contributed by atoms with E-state index in [-0.39, 0.29) is 13.1 Å². The molecule has 0 spiro atoms. The summed E-state index contributed by atoms with van der Waals surface area (Å²) in [6.07, 6.45) is 0. The van der Waals surface area contributed by atoms with Gasteiger partial charge in [-0.05, 0) is 30.3 Å². The molecule has 0 radical (unpaired) electrons. The zero-order valence-corrected chi connectivity index (χ0v) is 18.5. The van der Waals surface area contributed by atoms with Crippen molar-refractivity contribution in [3.8, 4) is 11.3 Å². The second kappa shape index (κ2) is 8.39. The number of sulfonamides is 1. The van der Waals surface area contributed by atoms with Crippen LogP contribution in [0.5, 0.6) is 0 Å². The average Bonchev–Trinajstić information content (AvgIpc) is 3.17. The van der Waals surface area contributed by atoms with Gasteiger partial charge in [0.05, 0.1) is 10.7 Å². The number of halogens is 4. The van der Waals surface area contributed by atoms with Crippen LogP contribution in [0.1, 0.15) is 0 Å². The van der Waals surface area contributed by atoms with Crippen LogP contribution in [-0.4, -0.2) is 43.9 Å². The molecule has 0 N–H and O–H groups in total. The van der Waals surface area contributed by atoms with E-state index >= 15 is 0 Å². The normalized spacial score (nSPS) is 15.5. The second-order valence-corrected chi connectivity index (χ2v) is 10.2. The van der Waals surface area contributed by atoms with Crippen molar-refractivity contribution in [1.82, 2.24) is 9.29 Å². The number of piperazine rings is 1. The molecular weight excluding hydrogens is 475 g/mol. The van der Waals surface area contributed by atoms with Gasteiger partial charge in [-0.25, -0.2) is 22.2 Å². The van der Waals surface area contributed by atoms with E-state index < -0.39 is 26.6 Å². The van der Waals surface area contributed by atoms with E-state index in [1.807, 2.05) is 10.3 Å². The first kappa shape index (κ1) is 21.5. The van der Waals surface area contributed by atoms with E-state index in [9.17, 15) is 17.2 Å². The van der Waals surface area contributed by atoms with E-state index in [2.05, 4.69) is 4.98 Å². The molecule has 30 heavy (non-hydrogen) atoms. The van der Waals surface area contributed by atoms with Crippen molar-refractivity contribution in [1.29, 1.82) is 0 Å². The molecule has 4 rings (SSSR count). The van der Waals surface area contributed by atoms with E-state index in [1.165, 1.54) is 15.6 Å². The van der Waals surface area contributed by atoms with Crippen LogP contribution < -0.4 is 4.90 Å². The SMILES string of the molecule is O=S(=O)(c1ccc(F)cc1F)N1CCN(c2nc(-c3ccc(Cl)cc3Cl)cs2)CC1. The fourth-order valence-electron chi connectivity index (χ4n) is 3.17. The van der Waals surface area contributed by atoms with E-state index in [0.717, 1.165) is 22.8 Å². The Balaban J connectivity index is 1.48. The lowest BCUT2D eigenvalue weighted by Gasteiger charge is -2.33. The summed E-state index contributed by atoms with van der Waals surface area (Å²) < 4.78 is 53.7.